The van der Waals surface area contributed by atoms with Crippen LogP contribution >= 0.6 is 11.8 Å². The molecular weight excluding hydrogens is 351 g/mol. The number of guanidine groups is 1. The van der Waals surface area contributed by atoms with Crippen molar-refractivity contribution in [2.45, 2.75) is 17.9 Å². The Morgan fingerprint density at radius 1 is 1.35 bits per heavy atom. The lowest BCUT2D eigenvalue weighted by atomic mass is 10.1. The van der Waals surface area contributed by atoms with Crippen LogP contribution < -0.4 is 5.32 Å². The van der Waals surface area contributed by atoms with Gasteiger partial charge in [0.1, 0.15) is 5.82 Å². The van der Waals surface area contributed by atoms with E-state index in [0.717, 1.165) is 62.4 Å². The molecule has 0 bridgehead atoms. The van der Waals surface area contributed by atoms with E-state index in [-0.39, 0.29) is 5.82 Å². The highest BCUT2D eigenvalue weighted by Crippen LogP contribution is 2.21. The second-order valence-corrected chi connectivity index (χ2v) is 7.72. The number of hydrogen-bond donors (Lipinski definition) is 1. The van der Waals surface area contributed by atoms with Crippen molar-refractivity contribution < 1.29 is 9.13 Å². The molecule has 0 aromatic heterocycles. The van der Waals surface area contributed by atoms with Crippen molar-refractivity contribution >= 4 is 17.7 Å². The Balaban J connectivity index is 1.50. The lowest BCUT2D eigenvalue weighted by Gasteiger charge is -2.37. The molecule has 0 saturated carbocycles. The van der Waals surface area contributed by atoms with E-state index in [1.54, 1.807) is 17.8 Å². The van der Waals surface area contributed by atoms with Gasteiger partial charge in [-0.2, -0.15) is 0 Å². The molecular formula is C19H29FN4OS. The van der Waals surface area contributed by atoms with Crippen LogP contribution in [-0.2, 0) is 11.3 Å². The monoisotopic (exact) mass is 380 g/mol. The molecule has 0 amide bonds. The van der Waals surface area contributed by atoms with Gasteiger partial charge in [0.05, 0.1) is 6.61 Å². The first-order valence-electron chi connectivity index (χ1n) is 9.27. The van der Waals surface area contributed by atoms with Crippen LogP contribution in [0.2, 0.25) is 0 Å². The zero-order valence-corrected chi connectivity index (χ0v) is 16.5. The van der Waals surface area contributed by atoms with Gasteiger partial charge in [-0.3, -0.25) is 9.89 Å². The second-order valence-electron chi connectivity index (χ2n) is 6.87. The number of rotatable bonds is 5. The number of hydrogen-bond acceptors (Lipinski definition) is 4. The summed E-state index contributed by atoms with van der Waals surface area (Å²) in [4.78, 5) is 10.3. The maximum Gasteiger partial charge on any atom is 0.194 e. The van der Waals surface area contributed by atoms with Crippen LogP contribution in [0.1, 0.15) is 12.0 Å². The van der Waals surface area contributed by atoms with Crippen molar-refractivity contribution in [3.63, 3.8) is 0 Å². The molecule has 1 aromatic rings. The Kier molecular flexibility index (Phi) is 7.16. The maximum atomic E-state index is 13.6. The molecule has 1 N–H and O–H groups in total. The van der Waals surface area contributed by atoms with Crippen LogP contribution in [0.4, 0.5) is 4.39 Å². The number of halogens is 1. The highest BCUT2D eigenvalue weighted by atomic mass is 32.2. The molecule has 0 spiro atoms. The predicted molar refractivity (Wildman–Crippen MR) is 105 cm³/mol. The molecule has 1 atom stereocenters. The van der Waals surface area contributed by atoms with E-state index in [9.17, 15) is 4.39 Å². The summed E-state index contributed by atoms with van der Waals surface area (Å²) in [6.45, 7) is 7.58. The number of aliphatic imine (C=N–C) groups is 1. The van der Waals surface area contributed by atoms with Gasteiger partial charge in [0.2, 0.25) is 0 Å². The minimum atomic E-state index is -0.195. The van der Waals surface area contributed by atoms with Crippen LogP contribution in [0.25, 0.3) is 0 Å². The summed E-state index contributed by atoms with van der Waals surface area (Å²) in [6.07, 6.45) is 3.20. The molecule has 2 aliphatic rings. The van der Waals surface area contributed by atoms with Gasteiger partial charge in [-0.1, -0.05) is 0 Å². The molecule has 144 valence electrons. The summed E-state index contributed by atoms with van der Waals surface area (Å²) in [7, 11) is 1.81. The average molecular weight is 381 g/mol. The molecule has 2 fully saturated rings. The smallest absolute Gasteiger partial charge is 0.194 e. The van der Waals surface area contributed by atoms with Crippen molar-refractivity contribution in [3.05, 3.63) is 29.6 Å². The molecule has 26 heavy (non-hydrogen) atoms. The van der Waals surface area contributed by atoms with Crippen molar-refractivity contribution in [3.8, 4) is 0 Å². The summed E-state index contributed by atoms with van der Waals surface area (Å²) in [6, 6.07) is 4.96. The fraction of sp³-hybridized carbons (Fsp3) is 0.632. The average Bonchev–Trinajstić information content (AvgIpc) is 3.17. The summed E-state index contributed by atoms with van der Waals surface area (Å²) in [5, 5.41) is 3.40. The largest absolute Gasteiger partial charge is 0.381 e. The third-order valence-electron chi connectivity index (χ3n) is 5.10. The van der Waals surface area contributed by atoms with Crippen LogP contribution in [0.5, 0.6) is 0 Å². The number of benzene rings is 1. The highest BCUT2D eigenvalue weighted by Gasteiger charge is 2.24. The first kappa shape index (κ1) is 19.5. The van der Waals surface area contributed by atoms with Gasteiger partial charge in [0.25, 0.3) is 0 Å². The van der Waals surface area contributed by atoms with E-state index in [2.05, 4.69) is 20.1 Å². The van der Waals surface area contributed by atoms with Gasteiger partial charge in [-0.25, -0.2) is 4.39 Å². The molecule has 1 unspecified atom stereocenters. The van der Waals surface area contributed by atoms with Gasteiger partial charge in [-0.15, -0.1) is 11.8 Å². The van der Waals surface area contributed by atoms with Gasteiger partial charge in [-0.05, 0) is 42.4 Å². The van der Waals surface area contributed by atoms with Gasteiger partial charge in [0.15, 0.2) is 5.96 Å². The summed E-state index contributed by atoms with van der Waals surface area (Å²) >= 11 is 1.64. The molecule has 2 heterocycles. The molecule has 0 radical (unpaired) electrons. The Morgan fingerprint density at radius 2 is 2.15 bits per heavy atom. The van der Waals surface area contributed by atoms with Crippen LogP contribution in [-0.4, -0.2) is 75.0 Å². The van der Waals surface area contributed by atoms with Gasteiger partial charge in [0, 0.05) is 57.8 Å². The Labute approximate surface area is 160 Å². The van der Waals surface area contributed by atoms with Crippen LogP contribution in [0.3, 0.4) is 0 Å². The zero-order chi connectivity index (χ0) is 18.4. The number of piperazine rings is 1. The summed E-state index contributed by atoms with van der Waals surface area (Å²) < 4.78 is 19.0. The van der Waals surface area contributed by atoms with Gasteiger partial charge >= 0.3 is 0 Å². The highest BCUT2D eigenvalue weighted by molar-refractivity contribution is 7.98. The first-order valence-corrected chi connectivity index (χ1v) is 10.5. The number of nitrogens with one attached hydrogen (secondary N) is 1. The number of thioether (sulfide) groups is 1. The Hall–Kier alpha value is -1.31. The summed E-state index contributed by atoms with van der Waals surface area (Å²) in [5.74, 6) is 1.39. The SMILES string of the molecule is CN=C(NCc1cc(F)ccc1SC)N1CCN(CC2CCOC2)CC1. The minimum Gasteiger partial charge on any atom is -0.381 e. The topological polar surface area (TPSA) is 40.1 Å². The normalized spacial score (nSPS) is 22.0. The lowest BCUT2D eigenvalue weighted by molar-refractivity contribution is 0.139. The van der Waals surface area contributed by atoms with Crippen molar-refractivity contribution in [1.29, 1.82) is 0 Å². The Morgan fingerprint density at radius 3 is 2.81 bits per heavy atom. The standard InChI is InChI=1S/C19H29FN4OS/c1-21-19(22-12-16-11-17(20)3-4-18(16)26-2)24-8-6-23(7-9-24)13-15-5-10-25-14-15/h3-4,11,15H,5-10,12-14H2,1-2H3,(H,21,22). The molecule has 2 aliphatic heterocycles. The van der Waals surface area contributed by atoms with E-state index in [4.69, 9.17) is 4.74 Å². The molecule has 7 heteroatoms. The Bertz CT molecular complexity index is 614. The molecule has 5 nitrogen and oxygen atoms in total. The van der Waals surface area contributed by atoms with Crippen molar-refractivity contribution in [2.24, 2.45) is 10.9 Å². The van der Waals surface area contributed by atoms with E-state index in [1.807, 2.05) is 19.4 Å². The number of ether oxygens (including phenoxy) is 1. The minimum absolute atomic E-state index is 0.195. The van der Waals surface area contributed by atoms with Crippen molar-refractivity contribution in [2.75, 3.05) is 59.2 Å². The van der Waals surface area contributed by atoms with E-state index >= 15 is 0 Å². The molecule has 3 rings (SSSR count). The lowest BCUT2D eigenvalue weighted by Crippen LogP contribution is -2.53. The quantitative estimate of drug-likeness (QED) is 0.482. The van der Waals surface area contributed by atoms with Crippen LogP contribution in [0, 0.1) is 11.7 Å². The first-order chi connectivity index (χ1) is 12.7. The van der Waals surface area contributed by atoms with E-state index < -0.39 is 0 Å². The fourth-order valence-corrected chi connectivity index (χ4v) is 4.22. The maximum absolute atomic E-state index is 13.6. The zero-order valence-electron chi connectivity index (χ0n) is 15.7. The predicted octanol–water partition coefficient (Wildman–Crippen LogP) is 2.28. The third kappa shape index (κ3) is 5.11. The molecule has 0 aliphatic carbocycles. The molecule has 2 saturated heterocycles. The second kappa shape index (κ2) is 9.58. The summed E-state index contributed by atoms with van der Waals surface area (Å²) in [5.41, 5.74) is 0.971. The van der Waals surface area contributed by atoms with Gasteiger partial charge < -0.3 is 15.0 Å². The third-order valence-corrected chi connectivity index (χ3v) is 5.94. The number of nitrogens with zero attached hydrogens (tertiary/aromatic N) is 3. The van der Waals surface area contributed by atoms with Crippen LogP contribution in [0.15, 0.2) is 28.1 Å². The van der Waals surface area contributed by atoms with Crippen molar-refractivity contribution in [1.82, 2.24) is 15.1 Å². The van der Waals surface area contributed by atoms with E-state index in [1.165, 1.54) is 12.5 Å². The fourth-order valence-electron chi connectivity index (χ4n) is 3.63. The molecule has 1 aromatic carbocycles. The van der Waals surface area contributed by atoms with E-state index in [0.29, 0.717) is 12.5 Å².